The highest BCUT2D eigenvalue weighted by molar-refractivity contribution is 5.87. The molecular formula is C23H24N2O2. The predicted octanol–water partition coefficient (Wildman–Crippen LogP) is 3.40. The second kappa shape index (κ2) is 8.33. The lowest BCUT2D eigenvalue weighted by molar-refractivity contribution is -0.123. The van der Waals surface area contributed by atoms with Crippen molar-refractivity contribution >= 4 is 16.7 Å². The Labute approximate surface area is 159 Å². The fourth-order valence-electron chi connectivity index (χ4n) is 3.57. The highest BCUT2D eigenvalue weighted by atomic mass is 16.5. The standard InChI is InChI=1S/C23H24N2O2/c26-23(25-14-19-11-6-10-18-9-4-5-12-21(18)19)22-13-20(15-24-22)27-16-17-7-2-1-3-8-17/h1-12,20,22,24H,13-16H2,(H,25,26)/t20-,22+/m1/s1. The zero-order valence-electron chi connectivity index (χ0n) is 15.2. The number of nitrogens with one attached hydrogen (secondary N) is 2. The van der Waals surface area contributed by atoms with E-state index < -0.39 is 0 Å². The van der Waals surface area contributed by atoms with E-state index in [2.05, 4.69) is 47.0 Å². The van der Waals surface area contributed by atoms with Crippen molar-refractivity contribution in [1.29, 1.82) is 0 Å². The Kier molecular flexibility index (Phi) is 5.47. The molecule has 4 heteroatoms. The third kappa shape index (κ3) is 4.35. The van der Waals surface area contributed by atoms with Crippen LogP contribution in [0.15, 0.2) is 72.8 Å². The van der Waals surface area contributed by atoms with Crippen molar-refractivity contribution in [2.75, 3.05) is 6.54 Å². The minimum absolute atomic E-state index is 0.0359. The maximum atomic E-state index is 12.5. The van der Waals surface area contributed by atoms with Gasteiger partial charge in [0.1, 0.15) is 0 Å². The van der Waals surface area contributed by atoms with Gasteiger partial charge in [0.05, 0.1) is 18.8 Å². The van der Waals surface area contributed by atoms with Gasteiger partial charge in [0.25, 0.3) is 0 Å². The van der Waals surface area contributed by atoms with Crippen LogP contribution >= 0.6 is 0 Å². The molecule has 0 bridgehead atoms. The predicted molar refractivity (Wildman–Crippen MR) is 107 cm³/mol. The summed E-state index contributed by atoms with van der Waals surface area (Å²) in [6, 6.07) is 24.4. The molecule has 0 spiro atoms. The maximum absolute atomic E-state index is 12.5. The number of rotatable bonds is 6. The van der Waals surface area contributed by atoms with Crippen LogP contribution in [0.4, 0.5) is 0 Å². The molecule has 0 unspecified atom stereocenters. The minimum Gasteiger partial charge on any atom is -0.372 e. The van der Waals surface area contributed by atoms with E-state index in [0.29, 0.717) is 26.1 Å². The molecule has 0 aromatic heterocycles. The van der Waals surface area contributed by atoms with E-state index in [-0.39, 0.29) is 18.1 Å². The minimum atomic E-state index is -0.194. The zero-order valence-corrected chi connectivity index (χ0v) is 15.2. The van der Waals surface area contributed by atoms with Gasteiger partial charge in [-0.2, -0.15) is 0 Å². The fraction of sp³-hybridized carbons (Fsp3) is 0.261. The van der Waals surface area contributed by atoms with Gasteiger partial charge in [0, 0.05) is 13.1 Å². The quantitative estimate of drug-likeness (QED) is 0.708. The van der Waals surface area contributed by atoms with E-state index in [4.69, 9.17) is 4.74 Å². The van der Waals surface area contributed by atoms with Crippen LogP contribution in [0.1, 0.15) is 17.5 Å². The Balaban J connectivity index is 1.29. The SMILES string of the molecule is O=C(NCc1cccc2ccccc12)[C@@H]1C[C@@H](OCc2ccccc2)CN1. The highest BCUT2D eigenvalue weighted by Gasteiger charge is 2.29. The van der Waals surface area contributed by atoms with Crippen molar-refractivity contribution in [2.24, 2.45) is 0 Å². The summed E-state index contributed by atoms with van der Waals surface area (Å²) in [6.07, 6.45) is 0.771. The Morgan fingerprint density at radius 2 is 1.78 bits per heavy atom. The normalized spacial score (nSPS) is 19.3. The molecule has 1 fully saturated rings. The average Bonchev–Trinajstić information content (AvgIpc) is 3.20. The first-order valence-electron chi connectivity index (χ1n) is 9.43. The van der Waals surface area contributed by atoms with Gasteiger partial charge in [-0.1, -0.05) is 72.8 Å². The summed E-state index contributed by atoms with van der Waals surface area (Å²) in [5.41, 5.74) is 2.29. The molecule has 3 aromatic rings. The summed E-state index contributed by atoms with van der Waals surface area (Å²) in [6.45, 7) is 1.82. The number of amides is 1. The van der Waals surface area contributed by atoms with Crippen LogP contribution in [0.2, 0.25) is 0 Å². The Morgan fingerprint density at radius 3 is 2.67 bits per heavy atom. The first kappa shape index (κ1) is 17.7. The molecule has 4 nitrogen and oxygen atoms in total. The van der Waals surface area contributed by atoms with Gasteiger partial charge < -0.3 is 15.4 Å². The van der Waals surface area contributed by atoms with Crippen molar-refractivity contribution in [1.82, 2.24) is 10.6 Å². The van der Waals surface area contributed by atoms with Crippen molar-refractivity contribution in [3.8, 4) is 0 Å². The molecule has 2 N–H and O–H groups in total. The topological polar surface area (TPSA) is 50.4 Å². The molecule has 1 aliphatic rings. The number of hydrogen-bond donors (Lipinski definition) is 2. The van der Waals surface area contributed by atoms with Gasteiger partial charge in [-0.3, -0.25) is 4.79 Å². The summed E-state index contributed by atoms with van der Waals surface area (Å²) in [5.74, 6) is 0.0359. The van der Waals surface area contributed by atoms with Crippen LogP contribution in [0.25, 0.3) is 10.8 Å². The smallest absolute Gasteiger partial charge is 0.237 e. The molecule has 1 heterocycles. The lowest BCUT2D eigenvalue weighted by Gasteiger charge is -2.13. The largest absolute Gasteiger partial charge is 0.372 e. The van der Waals surface area contributed by atoms with Gasteiger partial charge >= 0.3 is 0 Å². The van der Waals surface area contributed by atoms with E-state index >= 15 is 0 Å². The monoisotopic (exact) mass is 360 g/mol. The molecular weight excluding hydrogens is 336 g/mol. The average molecular weight is 360 g/mol. The number of benzene rings is 3. The Bertz CT molecular complexity index is 905. The van der Waals surface area contributed by atoms with E-state index in [1.54, 1.807) is 0 Å². The van der Waals surface area contributed by atoms with Gasteiger partial charge in [-0.25, -0.2) is 0 Å². The molecule has 138 valence electrons. The second-order valence-electron chi connectivity index (χ2n) is 6.97. The number of fused-ring (bicyclic) bond motifs is 1. The Hall–Kier alpha value is -2.69. The van der Waals surface area contributed by atoms with Gasteiger partial charge in [0.2, 0.25) is 5.91 Å². The Morgan fingerprint density at radius 1 is 1.00 bits per heavy atom. The van der Waals surface area contributed by atoms with E-state index in [0.717, 1.165) is 11.1 Å². The summed E-state index contributed by atoms with van der Waals surface area (Å²) in [7, 11) is 0. The summed E-state index contributed by atoms with van der Waals surface area (Å²) in [5, 5.41) is 8.73. The highest BCUT2D eigenvalue weighted by Crippen LogP contribution is 2.19. The van der Waals surface area contributed by atoms with Crippen LogP contribution < -0.4 is 10.6 Å². The van der Waals surface area contributed by atoms with E-state index in [1.165, 1.54) is 10.8 Å². The third-order valence-corrected chi connectivity index (χ3v) is 5.07. The number of ether oxygens (including phenoxy) is 1. The molecule has 4 rings (SSSR count). The van der Waals surface area contributed by atoms with Crippen LogP contribution in [0.5, 0.6) is 0 Å². The van der Waals surface area contributed by atoms with E-state index in [1.807, 2.05) is 36.4 Å². The number of carbonyl (C=O) groups is 1. The zero-order chi connectivity index (χ0) is 18.5. The van der Waals surface area contributed by atoms with Gasteiger partial charge in [-0.05, 0) is 28.3 Å². The van der Waals surface area contributed by atoms with Crippen molar-refractivity contribution in [3.05, 3.63) is 83.9 Å². The van der Waals surface area contributed by atoms with Crippen molar-refractivity contribution in [3.63, 3.8) is 0 Å². The molecule has 1 aliphatic heterocycles. The second-order valence-corrected chi connectivity index (χ2v) is 6.97. The van der Waals surface area contributed by atoms with Crippen molar-refractivity contribution < 1.29 is 9.53 Å². The van der Waals surface area contributed by atoms with Crippen LogP contribution in [0.3, 0.4) is 0 Å². The molecule has 1 saturated heterocycles. The van der Waals surface area contributed by atoms with Gasteiger partial charge in [-0.15, -0.1) is 0 Å². The molecule has 3 aromatic carbocycles. The summed E-state index contributed by atoms with van der Waals surface area (Å²) >= 11 is 0. The first-order valence-corrected chi connectivity index (χ1v) is 9.43. The molecule has 2 atom stereocenters. The number of carbonyl (C=O) groups excluding carboxylic acids is 1. The molecule has 1 amide bonds. The third-order valence-electron chi connectivity index (χ3n) is 5.07. The van der Waals surface area contributed by atoms with Gasteiger partial charge in [0.15, 0.2) is 0 Å². The van der Waals surface area contributed by atoms with Crippen LogP contribution in [-0.4, -0.2) is 24.6 Å². The molecule has 0 aliphatic carbocycles. The molecule has 27 heavy (non-hydrogen) atoms. The number of hydrogen-bond acceptors (Lipinski definition) is 3. The lowest BCUT2D eigenvalue weighted by Crippen LogP contribution is -2.40. The fourth-order valence-corrected chi connectivity index (χ4v) is 3.57. The first-order chi connectivity index (χ1) is 13.3. The molecule has 0 saturated carbocycles. The van der Waals surface area contributed by atoms with Crippen molar-refractivity contribution in [2.45, 2.75) is 31.7 Å². The van der Waals surface area contributed by atoms with Crippen LogP contribution in [0, 0.1) is 0 Å². The van der Waals surface area contributed by atoms with E-state index in [9.17, 15) is 4.79 Å². The lowest BCUT2D eigenvalue weighted by atomic mass is 10.0. The maximum Gasteiger partial charge on any atom is 0.237 e. The summed E-state index contributed by atoms with van der Waals surface area (Å²) < 4.78 is 5.95. The van der Waals surface area contributed by atoms with Crippen LogP contribution in [-0.2, 0) is 22.7 Å². The molecule has 0 radical (unpaired) electrons. The summed E-state index contributed by atoms with van der Waals surface area (Å²) in [4.78, 5) is 12.5.